The molecule has 2 aliphatic rings. The van der Waals surface area contributed by atoms with Gasteiger partial charge in [-0.05, 0) is 31.9 Å². The Balaban J connectivity index is 1.68. The molecule has 0 bridgehead atoms. The van der Waals surface area contributed by atoms with Crippen LogP contribution in [0.1, 0.15) is 37.1 Å². The third-order valence-electron chi connectivity index (χ3n) is 6.00. The van der Waals surface area contributed by atoms with E-state index in [2.05, 4.69) is 21.8 Å². The van der Waals surface area contributed by atoms with Crippen molar-refractivity contribution in [2.45, 2.75) is 37.5 Å². The summed E-state index contributed by atoms with van der Waals surface area (Å²) in [5.74, 6) is 1.51. The Kier molecular flexibility index (Phi) is 4.94. The Morgan fingerprint density at radius 2 is 2.13 bits per heavy atom. The van der Waals surface area contributed by atoms with Gasteiger partial charge in [-0.25, -0.2) is 23.4 Å². The van der Waals surface area contributed by atoms with Crippen LogP contribution in [0.2, 0.25) is 0 Å². The van der Waals surface area contributed by atoms with Crippen molar-refractivity contribution in [3.8, 4) is 11.4 Å². The van der Waals surface area contributed by atoms with Crippen molar-refractivity contribution in [3.05, 3.63) is 36.3 Å². The van der Waals surface area contributed by atoms with Gasteiger partial charge in [0.25, 0.3) is 0 Å². The monoisotopic (exact) mass is 427 g/mol. The van der Waals surface area contributed by atoms with Gasteiger partial charge in [0.15, 0.2) is 15.7 Å². The molecule has 8 nitrogen and oxygen atoms in total. The summed E-state index contributed by atoms with van der Waals surface area (Å²) in [5, 5.41) is 0.341. The molecule has 2 saturated heterocycles. The number of sulfone groups is 1. The molecule has 0 aliphatic carbocycles. The molecular formula is C21H25N5O3S. The number of ether oxygens (including phenoxy) is 1. The van der Waals surface area contributed by atoms with E-state index in [4.69, 9.17) is 14.7 Å². The first-order valence-electron chi connectivity index (χ1n) is 10.4. The number of hydrogen-bond acceptors (Lipinski definition) is 7. The lowest BCUT2D eigenvalue weighted by Crippen LogP contribution is -2.44. The molecule has 1 N–H and O–H groups in total. The molecule has 1 unspecified atom stereocenters. The maximum Gasteiger partial charge on any atom is 0.162 e. The quantitative estimate of drug-likeness (QED) is 0.686. The lowest BCUT2D eigenvalue weighted by atomic mass is 10.1. The summed E-state index contributed by atoms with van der Waals surface area (Å²) in [6, 6.07) is 5.86. The summed E-state index contributed by atoms with van der Waals surface area (Å²) < 4.78 is 31.3. The first kappa shape index (κ1) is 19.4. The Morgan fingerprint density at radius 3 is 2.97 bits per heavy atom. The molecule has 0 amide bonds. The molecule has 5 heterocycles. The highest BCUT2D eigenvalue weighted by Gasteiger charge is 2.33. The van der Waals surface area contributed by atoms with E-state index in [-0.39, 0.29) is 11.8 Å². The van der Waals surface area contributed by atoms with Crippen molar-refractivity contribution in [2.24, 2.45) is 0 Å². The van der Waals surface area contributed by atoms with Crippen LogP contribution < -0.4 is 4.90 Å². The van der Waals surface area contributed by atoms with Gasteiger partial charge in [0.1, 0.15) is 16.7 Å². The number of hydrogen-bond donors (Lipinski definition) is 1. The molecule has 30 heavy (non-hydrogen) atoms. The van der Waals surface area contributed by atoms with Crippen molar-refractivity contribution in [2.75, 3.05) is 30.4 Å². The number of aromatic amines is 1. The van der Waals surface area contributed by atoms with Crippen LogP contribution in [0, 0.1) is 0 Å². The molecule has 0 radical (unpaired) electrons. The Hall–Kier alpha value is -2.52. The molecule has 3 aromatic heterocycles. The summed E-state index contributed by atoms with van der Waals surface area (Å²) in [5.41, 5.74) is 2.19. The lowest BCUT2D eigenvalue weighted by Gasteiger charge is -2.35. The van der Waals surface area contributed by atoms with Crippen LogP contribution in [0.4, 0.5) is 5.82 Å². The fourth-order valence-corrected chi connectivity index (χ4v) is 6.30. The average Bonchev–Trinajstić information content (AvgIpc) is 3.22. The molecule has 0 spiro atoms. The first-order valence-corrected chi connectivity index (χ1v) is 12.1. The van der Waals surface area contributed by atoms with Crippen LogP contribution in [-0.4, -0.2) is 59.9 Å². The topological polar surface area (TPSA) is 101 Å². The molecule has 0 saturated carbocycles. The largest absolute Gasteiger partial charge is 0.377 e. The fourth-order valence-electron chi connectivity index (χ4n) is 4.40. The number of morpholine rings is 1. The maximum atomic E-state index is 12.8. The van der Waals surface area contributed by atoms with Gasteiger partial charge in [0.05, 0.1) is 30.7 Å². The van der Waals surface area contributed by atoms with E-state index >= 15 is 0 Å². The van der Waals surface area contributed by atoms with Crippen LogP contribution in [0.15, 0.2) is 30.6 Å². The zero-order valence-corrected chi connectivity index (χ0v) is 17.7. The zero-order chi connectivity index (χ0) is 20.7. The molecule has 158 valence electrons. The minimum atomic E-state index is -3.22. The molecule has 5 rings (SSSR count). The van der Waals surface area contributed by atoms with Gasteiger partial charge >= 0.3 is 0 Å². The van der Waals surface area contributed by atoms with Crippen LogP contribution >= 0.6 is 0 Å². The van der Waals surface area contributed by atoms with E-state index in [1.165, 1.54) is 0 Å². The number of aromatic nitrogens is 4. The SMILES string of the molecule is C[C@@H]1COCCN1c1cc(C2CCCCS2(=O)=O)nc(-c2ccnc3[nH]ccc23)n1. The molecular weight excluding hydrogens is 402 g/mol. The van der Waals surface area contributed by atoms with Gasteiger partial charge in [-0.1, -0.05) is 6.42 Å². The molecule has 2 fully saturated rings. The fraction of sp³-hybridized carbons (Fsp3) is 0.476. The number of pyridine rings is 1. The Labute approximate surface area is 175 Å². The second-order valence-corrected chi connectivity index (χ2v) is 10.3. The lowest BCUT2D eigenvalue weighted by molar-refractivity contribution is 0.0985. The molecule has 3 aromatic rings. The van der Waals surface area contributed by atoms with Crippen LogP contribution in [0.25, 0.3) is 22.4 Å². The number of H-pyrrole nitrogens is 1. The van der Waals surface area contributed by atoms with Gasteiger partial charge in [-0.3, -0.25) is 0 Å². The van der Waals surface area contributed by atoms with Crippen LogP contribution in [0.5, 0.6) is 0 Å². The summed E-state index contributed by atoms with van der Waals surface area (Å²) in [6.07, 6.45) is 5.77. The van der Waals surface area contributed by atoms with Gasteiger partial charge < -0.3 is 14.6 Å². The minimum Gasteiger partial charge on any atom is -0.377 e. The van der Waals surface area contributed by atoms with Crippen molar-refractivity contribution in [3.63, 3.8) is 0 Å². The predicted octanol–water partition coefficient (Wildman–Crippen LogP) is 2.88. The average molecular weight is 428 g/mol. The molecule has 9 heteroatoms. The molecule has 2 aliphatic heterocycles. The van der Waals surface area contributed by atoms with E-state index in [0.29, 0.717) is 37.7 Å². The highest BCUT2D eigenvalue weighted by molar-refractivity contribution is 7.91. The van der Waals surface area contributed by atoms with Crippen molar-refractivity contribution in [1.29, 1.82) is 0 Å². The molecule has 0 aromatic carbocycles. The third-order valence-corrected chi connectivity index (χ3v) is 8.21. The first-order chi connectivity index (χ1) is 14.5. The summed E-state index contributed by atoms with van der Waals surface area (Å²) >= 11 is 0. The highest BCUT2D eigenvalue weighted by Crippen LogP contribution is 2.36. The second-order valence-electron chi connectivity index (χ2n) is 8.04. The van der Waals surface area contributed by atoms with Gasteiger partial charge in [-0.15, -0.1) is 0 Å². The van der Waals surface area contributed by atoms with E-state index in [1.807, 2.05) is 24.4 Å². The second kappa shape index (κ2) is 7.63. The van der Waals surface area contributed by atoms with Crippen molar-refractivity contribution in [1.82, 2.24) is 19.9 Å². The minimum absolute atomic E-state index is 0.155. The van der Waals surface area contributed by atoms with Gasteiger partial charge in [0.2, 0.25) is 0 Å². The number of fused-ring (bicyclic) bond motifs is 1. The summed E-state index contributed by atoms with van der Waals surface area (Å²) in [4.78, 5) is 19.3. The van der Waals surface area contributed by atoms with Gasteiger partial charge in [-0.2, -0.15) is 0 Å². The summed E-state index contributed by atoms with van der Waals surface area (Å²) in [6.45, 7) is 4.05. The molecule has 2 atom stereocenters. The standard InChI is InChI=1S/C21H25N5O3S/c1-14-13-29-10-9-26(14)19-12-17(18-4-2-3-11-30(18,27)28)24-21(25-19)16-6-8-23-20-15(16)5-7-22-20/h5-8,12,14,18H,2-4,9-11,13H2,1H3,(H,22,23)/t14-,18?/m1/s1. The van der Waals surface area contributed by atoms with Crippen molar-refractivity contribution < 1.29 is 13.2 Å². The van der Waals surface area contributed by atoms with E-state index in [9.17, 15) is 8.42 Å². The zero-order valence-electron chi connectivity index (χ0n) is 16.9. The normalized spacial score (nSPS) is 24.2. The van der Waals surface area contributed by atoms with E-state index in [0.717, 1.165) is 35.3 Å². The highest BCUT2D eigenvalue weighted by atomic mass is 32.2. The van der Waals surface area contributed by atoms with E-state index < -0.39 is 15.1 Å². The summed E-state index contributed by atoms with van der Waals surface area (Å²) in [7, 11) is -3.22. The maximum absolute atomic E-state index is 12.8. The third kappa shape index (κ3) is 3.45. The number of nitrogens with zero attached hydrogens (tertiary/aromatic N) is 4. The number of rotatable bonds is 3. The van der Waals surface area contributed by atoms with E-state index in [1.54, 1.807) is 6.20 Å². The predicted molar refractivity (Wildman–Crippen MR) is 115 cm³/mol. The van der Waals surface area contributed by atoms with Gasteiger partial charge in [0, 0.05) is 36.0 Å². The number of anilines is 1. The van der Waals surface area contributed by atoms with Crippen molar-refractivity contribution >= 4 is 26.7 Å². The Bertz CT molecular complexity index is 1180. The Morgan fingerprint density at radius 1 is 1.23 bits per heavy atom. The van der Waals surface area contributed by atoms with Crippen LogP contribution in [0.3, 0.4) is 0 Å². The van der Waals surface area contributed by atoms with Crippen LogP contribution in [-0.2, 0) is 14.6 Å². The smallest absolute Gasteiger partial charge is 0.162 e. The number of nitrogens with one attached hydrogen (secondary N) is 1.